The van der Waals surface area contributed by atoms with Gasteiger partial charge < -0.3 is 10.7 Å². The maximum atomic E-state index is 12.7. The molecule has 0 aliphatic rings. The largest absolute Gasteiger partial charge is 0.416 e. The Labute approximate surface area is 121 Å². The van der Waals surface area contributed by atoms with Crippen molar-refractivity contribution in [2.45, 2.75) is 38.4 Å². The van der Waals surface area contributed by atoms with Gasteiger partial charge in [0.05, 0.1) is 23.0 Å². The molecule has 21 heavy (non-hydrogen) atoms. The van der Waals surface area contributed by atoms with E-state index < -0.39 is 17.3 Å². The molecule has 0 spiro atoms. The van der Waals surface area contributed by atoms with Gasteiger partial charge in [-0.3, -0.25) is 0 Å². The van der Waals surface area contributed by atoms with Crippen LogP contribution in [0.2, 0.25) is 0 Å². The molecule has 1 heterocycles. The third-order valence-corrected chi connectivity index (χ3v) is 3.81. The summed E-state index contributed by atoms with van der Waals surface area (Å²) in [5, 5.41) is 0. The molecule has 0 bridgehead atoms. The number of rotatable bonds is 4. The number of nitrogens with two attached hydrogens (primary N) is 1. The van der Waals surface area contributed by atoms with E-state index >= 15 is 0 Å². The van der Waals surface area contributed by atoms with Gasteiger partial charge in [0, 0.05) is 5.56 Å². The Hall–Kier alpha value is -1.82. The molecule has 1 aromatic heterocycles. The van der Waals surface area contributed by atoms with E-state index in [9.17, 15) is 13.2 Å². The topological polar surface area (TPSA) is 54.7 Å². The number of aromatic amines is 1. The van der Waals surface area contributed by atoms with Crippen molar-refractivity contribution in [3.63, 3.8) is 0 Å². The van der Waals surface area contributed by atoms with Gasteiger partial charge in [-0.15, -0.1) is 0 Å². The van der Waals surface area contributed by atoms with Crippen LogP contribution in [0.4, 0.5) is 13.2 Å². The minimum Gasteiger partial charge on any atom is -0.340 e. The lowest BCUT2D eigenvalue weighted by atomic mass is 9.93. The Bertz CT molecular complexity index is 613. The van der Waals surface area contributed by atoms with Gasteiger partial charge in [0.2, 0.25) is 0 Å². The lowest BCUT2D eigenvalue weighted by Gasteiger charge is -2.23. The van der Waals surface area contributed by atoms with Crippen LogP contribution < -0.4 is 5.73 Å². The van der Waals surface area contributed by atoms with Gasteiger partial charge in [-0.05, 0) is 25.0 Å². The second-order valence-corrected chi connectivity index (χ2v) is 5.09. The zero-order chi connectivity index (χ0) is 15.7. The molecular formula is C15H18F3N3. The van der Waals surface area contributed by atoms with Gasteiger partial charge in [0.15, 0.2) is 0 Å². The molecule has 0 saturated heterocycles. The van der Waals surface area contributed by atoms with Gasteiger partial charge in [-0.2, -0.15) is 13.2 Å². The molecule has 0 saturated carbocycles. The molecule has 0 atom stereocenters. The number of nitrogens with one attached hydrogen (secondary N) is 1. The highest BCUT2D eigenvalue weighted by Crippen LogP contribution is 2.32. The van der Waals surface area contributed by atoms with Crippen molar-refractivity contribution in [3.05, 3.63) is 41.9 Å². The summed E-state index contributed by atoms with van der Waals surface area (Å²) in [4.78, 5) is 7.28. The third kappa shape index (κ3) is 3.10. The first kappa shape index (κ1) is 15.6. The first-order valence-corrected chi connectivity index (χ1v) is 6.82. The van der Waals surface area contributed by atoms with Crippen LogP contribution in [-0.2, 0) is 11.7 Å². The van der Waals surface area contributed by atoms with Crippen LogP contribution in [0.3, 0.4) is 0 Å². The zero-order valence-electron chi connectivity index (χ0n) is 12.0. The van der Waals surface area contributed by atoms with E-state index in [0.29, 0.717) is 29.9 Å². The lowest BCUT2D eigenvalue weighted by Crippen LogP contribution is -2.36. The Kier molecular flexibility index (Phi) is 4.09. The van der Waals surface area contributed by atoms with Crippen LogP contribution in [-0.4, -0.2) is 9.97 Å². The van der Waals surface area contributed by atoms with E-state index in [4.69, 9.17) is 5.73 Å². The highest BCUT2D eigenvalue weighted by atomic mass is 19.4. The molecule has 6 heteroatoms. The minimum absolute atomic E-state index is 0.443. The van der Waals surface area contributed by atoms with E-state index in [1.165, 1.54) is 12.3 Å². The summed E-state index contributed by atoms with van der Waals surface area (Å²) in [6.45, 7) is 3.91. The fourth-order valence-corrected chi connectivity index (χ4v) is 2.17. The number of hydrogen-bond donors (Lipinski definition) is 2. The van der Waals surface area contributed by atoms with Gasteiger partial charge in [0.1, 0.15) is 5.82 Å². The van der Waals surface area contributed by atoms with Crippen LogP contribution in [0.25, 0.3) is 11.3 Å². The van der Waals surface area contributed by atoms with Gasteiger partial charge >= 0.3 is 6.18 Å². The highest BCUT2D eigenvalue weighted by Gasteiger charge is 2.31. The highest BCUT2D eigenvalue weighted by molar-refractivity contribution is 5.60. The van der Waals surface area contributed by atoms with E-state index in [2.05, 4.69) is 9.97 Å². The quantitative estimate of drug-likeness (QED) is 0.893. The van der Waals surface area contributed by atoms with Crippen molar-refractivity contribution < 1.29 is 13.2 Å². The number of imidazole rings is 1. The monoisotopic (exact) mass is 297 g/mol. The fourth-order valence-electron chi connectivity index (χ4n) is 2.17. The van der Waals surface area contributed by atoms with Crippen LogP contribution in [0.15, 0.2) is 30.5 Å². The average Bonchev–Trinajstić information content (AvgIpc) is 2.96. The predicted molar refractivity (Wildman–Crippen MR) is 75.5 cm³/mol. The first-order chi connectivity index (χ1) is 9.80. The summed E-state index contributed by atoms with van der Waals surface area (Å²) in [7, 11) is 0. The molecule has 3 nitrogen and oxygen atoms in total. The molecule has 0 fully saturated rings. The maximum absolute atomic E-state index is 12.7. The first-order valence-electron chi connectivity index (χ1n) is 6.82. The molecule has 0 radical (unpaired) electrons. The molecular weight excluding hydrogens is 279 g/mol. The summed E-state index contributed by atoms with van der Waals surface area (Å²) >= 11 is 0. The van der Waals surface area contributed by atoms with Crippen LogP contribution >= 0.6 is 0 Å². The average molecular weight is 297 g/mol. The molecule has 3 N–H and O–H groups in total. The minimum atomic E-state index is -4.36. The standard InChI is InChI=1S/C15H18F3N3/c1-3-14(19,4-2)13-20-9-12(21-13)10-6-5-7-11(8-10)15(16,17)18/h5-9H,3-4,19H2,1-2H3,(H,20,21). The number of aromatic nitrogens is 2. The van der Waals surface area contributed by atoms with Gasteiger partial charge in [-0.25, -0.2) is 4.98 Å². The SMILES string of the molecule is CCC(N)(CC)c1ncc(-c2cccc(C(F)(F)F)c2)[nH]1. The van der Waals surface area contributed by atoms with Crippen molar-refractivity contribution >= 4 is 0 Å². The molecule has 2 rings (SSSR count). The molecule has 1 aromatic carbocycles. The lowest BCUT2D eigenvalue weighted by molar-refractivity contribution is -0.137. The predicted octanol–water partition coefficient (Wildman–Crippen LogP) is 4.07. The Morgan fingerprint density at radius 2 is 1.86 bits per heavy atom. The van der Waals surface area contributed by atoms with E-state index in [0.717, 1.165) is 12.1 Å². The third-order valence-electron chi connectivity index (χ3n) is 3.81. The van der Waals surface area contributed by atoms with Crippen LogP contribution in [0, 0.1) is 0 Å². The summed E-state index contributed by atoms with van der Waals surface area (Å²) in [6, 6.07) is 5.15. The Balaban J connectivity index is 2.39. The Morgan fingerprint density at radius 3 is 2.43 bits per heavy atom. The zero-order valence-corrected chi connectivity index (χ0v) is 12.0. The molecule has 2 aromatic rings. The van der Waals surface area contributed by atoms with E-state index in [1.807, 2.05) is 13.8 Å². The summed E-state index contributed by atoms with van der Waals surface area (Å²) < 4.78 is 38.2. The number of nitrogens with zero attached hydrogens (tertiary/aromatic N) is 1. The van der Waals surface area contributed by atoms with Crippen molar-refractivity contribution in [1.82, 2.24) is 9.97 Å². The van der Waals surface area contributed by atoms with Crippen molar-refractivity contribution in [1.29, 1.82) is 0 Å². The fraction of sp³-hybridized carbons (Fsp3) is 0.400. The van der Waals surface area contributed by atoms with Gasteiger partial charge in [-0.1, -0.05) is 26.0 Å². The van der Waals surface area contributed by atoms with Crippen LogP contribution in [0.1, 0.15) is 38.1 Å². The number of benzene rings is 1. The smallest absolute Gasteiger partial charge is 0.340 e. The Morgan fingerprint density at radius 1 is 1.19 bits per heavy atom. The summed E-state index contributed by atoms with van der Waals surface area (Å²) in [5.41, 5.74) is 5.95. The number of alkyl halides is 3. The molecule has 114 valence electrons. The second kappa shape index (κ2) is 5.52. The second-order valence-electron chi connectivity index (χ2n) is 5.09. The molecule has 0 amide bonds. The van der Waals surface area contributed by atoms with Gasteiger partial charge in [0.25, 0.3) is 0 Å². The van der Waals surface area contributed by atoms with E-state index in [1.54, 1.807) is 6.07 Å². The maximum Gasteiger partial charge on any atom is 0.416 e. The van der Waals surface area contributed by atoms with Crippen molar-refractivity contribution in [2.24, 2.45) is 5.73 Å². The number of halogens is 3. The molecule has 0 aliphatic carbocycles. The van der Waals surface area contributed by atoms with Crippen molar-refractivity contribution in [2.75, 3.05) is 0 Å². The van der Waals surface area contributed by atoms with E-state index in [-0.39, 0.29) is 0 Å². The normalized spacial score (nSPS) is 12.7. The summed E-state index contributed by atoms with van der Waals surface area (Å²) in [5.74, 6) is 0.597. The van der Waals surface area contributed by atoms with Crippen LogP contribution in [0.5, 0.6) is 0 Å². The van der Waals surface area contributed by atoms with Crippen molar-refractivity contribution in [3.8, 4) is 11.3 Å². The molecule has 0 aliphatic heterocycles. The number of H-pyrrole nitrogens is 1. The number of hydrogen-bond acceptors (Lipinski definition) is 2. The molecule has 0 unspecified atom stereocenters. The summed E-state index contributed by atoms with van der Waals surface area (Å²) in [6.07, 6.45) is -1.45.